The molecule has 0 aliphatic carbocycles. The predicted octanol–water partition coefficient (Wildman–Crippen LogP) is 5.83. The molecular formula is C22H16ClF4N3O3. The van der Waals surface area contributed by atoms with Gasteiger partial charge in [0.1, 0.15) is 5.82 Å². The minimum Gasteiger partial charge on any atom is -0.460 e. The number of benzene rings is 2. The Morgan fingerprint density at radius 3 is 2.39 bits per heavy atom. The summed E-state index contributed by atoms with van der Waals surface area (Å²) in [7, 11) is 0. The zero-order valence-electron chi connectivity index (χ0n) is 16.9. The van der Waals surface area contributed by atoms with E-state index in [0.717, 1.165) is 12.3 Å². The molecule has 33 heavy (non-hydrogen) atoms. The number of alkyl halides is 3. The number of rotatable bonds is 5. The van der Waals surface area contributed by atoms with E-state index in [1.165, 1.54) is 49.4 Å². The molecule has 6 nitrogen and oxygen atoms in total. The first-order chi connectivity index (χ1) is 15.6. The SMILES string of the molecule is Cc1cc(NC(=O)NC(=O)c2c(F)cccc2Cl)cnc1OC(c1ccccc1)C(F)(F)F. The molecule has 0 fully saturated rings. The normalized spacial score (nSPS) is 12.1. The van der Waals surface area contributed by atoms with E-state index in [0.29, 0.717) is 0 Å². The van der Waals surface area contributed by atoms with E-state index in [-0.39, 0.29) is 27.7 Å². The Bertz CT molecular complexity index is 1150. The third-order valence-corrected chi connectivity index (χ3v) is 4.65. The van der Waals surface area contributed by atoms with Crippen molar-refractivity contribution in [3.63, 3.8) is 0 Å². The highest BCUT2D eigenvalue weighted by molar-refractivity contribution is 6.34. The first-order valence-corrected chi connectivity index (χ1v) is 9.75. The fourth-order valence-corrected chi connectivity index (χ4v) is 3.11. The summed E-state index contributed by atoms with van der Waals surface area (Å²) < 4.78 is 59.5. The Kier molecular flexibility index (Phi) is 7.17. The maximum atomic E-state index is 13.8. The number of anilines is 1. The van der Waals surface area contributed by atoms with Crippen molar-refractivity contribution in [1.29, 1.82) is 0 Å². The van der Waals surface area contributed by atoms with Gasteiger partial charge >= 0.3 is 12.2 Å². The largest absolute Gasteiger partial charge is 0.460 e. The van der Waals surface area contributed by atoms with Crippen LogP contribution in [0.5, 0.6) is 5.88 Å². The Morgan fingerprint density at radius 2 is 1.79 bits per heavy atom. The van der Waals surface area contributed by atoms with Gasteiger partial charge in [-0.2, -0.15) is 13.2 Å². The molecule has 0 saturated heterocycles. The molecule has 3 amide bonds. The van der Waals surface area contributed by atoms with E-state index in [1.807, 2.05) is 5.32 Å². The monoisotopic (exact) mass is 481 g/mol. The van der Waals surface area contributed by atoms with Crippen LogP contribution in [0.15, 0.2) is 60.8 Å². The summed E-state index contributed by atoms with van der Waals surface area (Å²) in [5.74, 6) is -2.28. The van der Waals surface area contributed by atoms with Crippen LogP contribution in [-0.4, -0.2) is 23.1 Å². The first-order valence-electron chi connectivity index (χ1n) is 9.37. The highest BCUT2D eigenvalue weighted by Gasteiger charge is 2.43. The highest BCUT2D eigenvalue weighted by atomic mass is 35.5. The number of pyridine rings is 1. The number of nitrogens with zero attached hydrogens (tertiary/aromatic N) is 1. The number of aromatic nitrogens is 1. The number of nitrogens with one attached hydrogen (secondary N) is 2. The van der Waals surface area contributed by atoms with Crippen molar-refractivity contribution in [2.45, 2.75) is 19.2 Å². The number of halogens is 5. The van der Waals surface area contributed by atoms with Gasteiger partial charge in [-0.1, -0.05) is 48.0 Å². The van der Waals surface area contributed by atoms with Crippen molar-refractivity contribution in [3.05, 3.63) is 88.3 Å². The fourth-order valence-electron chi connectivity index (χ4n) is 2.86. The van der Waals surface area contributed by atoms with Crippen LogP contribution in [0.1, 0.15) is 27.6 Å². The maximum Gasteiger partial charge on any atom is 0.429 e. The topological polar surface area (TPSA) is 80.3 Å². The van der Waals surface area contributed by atoms with Gasteiger partial charge in [0.25, 0.3) is 5.91 Å². The number of carbonyl (C=O) groups is 2. The number of urea groups is 1. The molecule has 172 valence electrons. The molecule has 1 unspecified atom stereocenters. The van der Waals surface area contributed by atoms with Gasteiger partial charge in [0.2, 0.25) is 12.0 Å². The number of amides is 3. The molecule has 0 aliphatic rings. The lowest BCUT2D eigenvalue weighted by Crippen LogP contribution is -2.35. The van der Waals surface area contributed by atoms with Gasteiger partial charge < -0.3 is 10.1 Å². The lowest BCUT2D eigenvalue weighted by atomic mass is 10.1. The third-order valence-electron chi connectivity index (χ3n) is 4.33. The van der Waals surface area contributed by atoms with Crippen LogP contribution in [0, 0.1) is 12.7 Å². The number of carbonyl (C=O) groups excluding carboxylic acids is 2. The summed E-state index contributed by atoms with van der Waals surface area (Å²) in [6.45, 7) is 1.44. The number of hydrogen-bond donors (Lipinski definition) is 2. The molecule has 0 bridgehead atoms. The van der Waals surface area contributed by atoms with Crippen LogP contribution in [0.3, 0.4) is 0 Å². The minimum absolute atomic E-state index is 0.0630. The highest BCUT2D eigenvalue weighted by Crippen LogP contribution is 2.37. The number of hydrogen-bond acceptors (Lipinski definition) is 4. The fraction of sp³-hybridized carbons (Fsp3) is 0.136. The van der Waals surface area contributed by atoms with Crippen molar-refractivity contribution in [2.75, 3.05) is 5.32 Å². The van der Waals surface area contributed by atoms with Crippen LogP contribution < -0.4 is 15.4 Å². The van der Waals surface area contributed by atoms with Crippen molar-refractivity contribution >= 4 is 29.2 Å². The molecule has 0 saturated carbocycles. The smallest absolute Gasteiger partial charge is 0.429 e. The summed E-state index contributed by atoms with van der Waals surface area (Å²) in [4.78, 5) is 28.1. The third kappa shape index (κ3) is 5.98. The van der Waals surface area contributed by atoms with Crippen LogP contribution in [0.2, 0.25) is 5.02 Å². The molecule has 1 aromatic heterocycles. The van der Waals surface area contributed by atoms with Crippen molar-refractivity contribution in [2.24, 2.45) is 0 Å². The van der Waals surface area contributed by atoms with Crippen LogP contribution in [-0.2, 0) is 0 Å². The maximum absolute atomic E-state index is 13.8. The summed E-state index contributed by atoms with van der Waals surface area (Å²) >= 11 is 5.79. The first kappa shape index (κ1) is 24.0. The van der Waals surface area contributed by atoms with Gasteiger partial charge in [-0.05, 0) is 25.1 Å². The summed E-state index contributed by atoms with van der Waals surface area (Å²) in [6, 6.07) is 10.9. The number of ether oxygens (including phenoxy) is 1. The van der Waals surface area contributed by atoms with Gasteiger partial charge in [0.05, 0.1) is 22.5 Å². The van der Waals surface area contributed by atoms with Gasteiger partial charge in [-0.25, -0.2) is 14.2 Å². The molecule has 3 aromatic rings. The molecular weight excluding hydrogens is 466 g/mol. The Balaban J connectivity index is 1.71. The van der Waals surface area contributed by atoms with Crippen molar-refractivity contribution < 1.29 is 31.9 Å². The van der Waals surface area contributed by atoms with E-state index < -0.39 is 35.6 Å². The van der Waals surface area contributed by atoms with E-state index in [2.05, 4.69) is 10.3 Å². The molecule has 0 radical (unpaired) electrons. The Morgan fingerprint density at radius 1 is 1.09 bits per heavy atom. The number of imide groups is 1. The van der Waals surface area contributed by atoms with Gasteiger partial charge in [-0.15, -0.1) is 0 Å². The van der Waals surface area contributed by atoms with Crippen LogP contribution in [0.25, 0.3) is 0 Å². The second kappa shape index (κ2) is 9.86. The van der Waals surface area contributed by atoms with E-state index in [4.69, 9.17) is 16.3 Å². The zero-order valence-corrected chi connectivity index (χ0v) is 17.7. The second-order valence-electron chi connectivity index (χ2n) is 6.80. The Labute approximate surface area is 190 Å². The van der Waals surface area contributed by atoms with Crippen molar-refractivity contribution in [1.82, 2.24) is 10.3 Å². The molecule has 2 N–H and O–H groups in total. The Hall–Kier alpha value is -3.66. The van der Waals surface area contributed by atoms with Crippen molar-refractivity contribution in [3.8, 4) is 5.88 Å². The average Bonchev–Trinajstić information content (AvgIpc) is 2.72. The summed E-state index contributed by atoms with van der Waals surface area (Å²) in [5, 5.41) is 4.02. The zero-order chi connectivity index (χ0) is 24.2. The van der Waals surface area contributed by atoms with Crippen LogP contribution in [0.4, 0.5) is 28.0 Å². The summed E-state index contributed by atoms with van der Waals surface area (Å²) in [6.07, 6.45) is -5.88. The van der Waals surface area contributed by atoms with E-state index in [9.17, 15) is 27.2 Å². The quantitative estimate of drug-likeness (QED) is 0.449. The lowest BCUT2D eigenvalue weighted by molar-refractivity contribution is -0.198. The number of aryl methyl sites for hydroxylation is 1. The second-order valence-corrected chi connectivity index (χ2v) is 7.21. The standard InChI is InChI=1S/C22H16ClF4N3O3/c1-12-10-14(29-21(32)30-19(31)17-15(23)8-5-9-16(17)24)11-28-20(12)33-18(22(25,26)27)13-6-3-2-4-7-13/h2-11,18H,1H3,(H2,29,30,31,32). The lowest BCUT2D eigenvalue weighted by Gasteiger charge is -2.22. The molecule has 0 spiro atoms. The van der Waals surface area contributed by atoms with Gasteiger partial charge in [0, 0.05) is 11.1 Å². The summed E-state index contributed by atoms with van der Waals surface area (Å²) in [5.41, 5.74) is -0.348. The van der Waals surface area contributed by atoms with Gasteiger partial charge in [-0.3, -0.25) is 10.1 Å². The van der Waals surface area contributed by atoms with E-state index in [1.54, 1.807) is 6.07 Å². The molecule has 11 heteroatoms. The predicted molar refractivity (Wildman–Crippen MR) is 113 cm³/mol. The molecule has 3 rings (SSSR count). The molecule has 1 heterocycles. The van der Waals surface area contributed by atoms with Gasteiger partial charge in [0.15, 0.2) is 0 Å². The van der Waals surface area contributed by atoms with E-state index >= 15 is 0 Å². The molecule has 1 atom stereocenters. The minimum atomic E-state index is -4.69. The molecule has 0 aliphatic heterocycles. The average molecular weight is 482 g/mol. The molecule has 2 aromatic carbocycles. The van der Waals surface area contributed by atoms with Crippen LogP contribution >= 0.6 is 11.6 Å².